The van der Waals surface area contributed by atoms with E-state index in [2.05, 4.69) is 9.97 Å². The average Bonchev–Trinajstić information content (AvgIpc) is 2.87. The summed E-state index contributed by atoms with van der Waals surface area (Å²) in [5.41, 5.74) is 2.41. The molecule has 2 amide bonds. The van der Waals surface area contributed by atoms with Gasteiger partial charge in [0.15, 0.2) is 0 Å². The van der Waals surface area contributed by atoms with Gasteiger partial charge in [-0.1, -0.05) is 6.42 Å². The number of nitrogens with one attached hydrogen (secondary N) is 1. The van der Waals surface area contributed by atoms with Crippen LogP contribution < -0.4 is 0 Å². The number of hydrogen-bond acceptors (Lipinski definition) is 3. The van der Waals surface area contributed by atoms with Gasteiger partial charge in [0.1, 0.15) is 0 Å². The van der Waals surface area contributed by atoms with Crippen LogP contribution in [0.25, 0.3) is 11.0 Å². The number of aromatic amines is 1. The minimum absolute atomic E-state index is 0.0319. The molecule has 126 valence electrons. The van der Waals surface area contributed by atoms with E-state index < -0.39 is 0 Å². The summed E-state index contributed by atoms with van der Waals surface area (Å²) >= 11 is 0. The monoisotopic (exact) mass is 326 g/mol. The van der Waals surface area contributed by atoms with Crippen molar-refractivity contribution in [3.8, 4) is 0 Å². The molecule has 2 aliphatic rings. The van der Waals surface area contributed by atoms with Crippen LogP contribution in [0.2, 0.25) is 0 Å². The lowest BCUT2D eigenvalue weighted by Crippen LogP contribution is -2.41. The van der Waals surface area contributed by atoms with Crippen LogP contribution in [0.4, 0.5) is 0 Å². The lowest BCUT2D eigenvalue weighted by molar-refractivity contribution is -0.138. The molecule has 6 heteroatoms. The van der Waals surface area contributed by atoms with Crippen molar-refractivity contribution in [1.29, 1.82) is 0 Å². The van der Waals surface area contributed by atoms with Gasteiger partial charge in [-0.2, -0.15) is 0 Å². The zero-order valence-electron chi connectivity index (χ0n) is 13.7. The predicted molar refractivity (Wildman–Crippen MR) is 90.5 cm³/mol. The highest BCUT2D eigenvalue weighted by Gasteiger charge is 2.31. The zero-order chi connectivity index (χ0) is 16.5. The van der Waals surface area contributed by atoms with Crippen molar-refractivity contribution in [2.24, 2.45) is 5.92 Å². The third-order valence-corrected chi connectivity index (χ3v) is 5.22. The zero-order valence-corrected chi connectivity index (χ0v) is 13.7. The number of nitrogens with zero attached hydrogens (tertiary/aromatic N) is 3. The van der Waals surface area contributed by atoms with Crippen LogP contribution in [0, 0.1) is 5.92 Å². The Bertz CT molecular complexity index is 765. The number of imidazole rings is 1. The van der Waals surface area contributed by atoms with E-state index in [4.69, 9.17) is 0 Å². The van der Waals surface area contributed by atoms with Gasteiger partial charge in [-0.3, -0.25) is 9.59 Å². The summed E-state index contributed by atoms with van der Waals surface area (Å²) in [6.07, 6.45) is 5.71. The van der Waals surface area contributed by atoms with E-state index in [1.807, 2.05) is 28.0 Å². The molecule has 0 spiro atoms. The molecule has 2 fully saturated rings. The van der Waals surface area contributed by atoms with Gasteiger partial charge < -0.3 is 14.8 Å². The maximum atomic E-state index is 12.8. The van der Waals surface area contributed by atoms with Crippen LogP contribution in [-0.4, -0.2) is 57.8 Å². The molecular formula is C18H22N4O2. The number of aromatic nitrogens is 2. The topological polar surface area (TPSA) is 69.3 Å². The summed E-state index contributed by atoms with van der Waals surface area (Å²) in [7, 11) is 0. The molecular weight excluding hydrogens is 304 g/mol. The van der Waals surface area contributed by atoms with Crippen LogP contribution in [0.5, 0.6) is 0 Å². The molecule has 1 saturated heterocycles. The molecule has 1 aromatic heterocycles. The first-order valence-corrected chi connectivity index (χ1v) is 8.73. The van der Waals surface area contributed by atoms with Crippen LogP contribution in [0.15, 0.2) is 24.5 Å². The molecule has 0 atom stereocenters. The summed E-state index contributed by atoms with van der Waals surface area (Å²) in [6.45, 7) is 2.72. The Labute approximate surface area is 140 Å². The van der Waals surface area contributed by atoms with E-state index in [1.165, 1.54) is 6.42 Å². The second kappa shape index (κ2) is 6.26. The number of amides is 2. The fourth-order valence-corrected chi connectivity index (χ4v) is 3.51. The quantitative estimate of drug-likeness (QED) is 0.918. The normalized spacial score (nSPS) is 19.2. The molecule has 2 aromatic rings. The van der Waals surface area contributed by atoms with Gasteiger partial charge in [0.2, 0.25) is 5.91 Å². The fraction of sp³-hybridized carbons (Fsp3) is 0.500. The molecule has 4 rings (SSSR count). The number of H-pyrrole nitrogens is 1. The van der Waals surface area contributed by atoms with Crippen molar-refractivity contribution in [2.45, 2.75) is 25.7 Å². The minimum Gasteiger partial charge on any atom is -0.345 e. The SMILES string of the molecule is O=C(c1ccc2nc[nH]c2c1)N1CCCN(C(=O)C2CCC2)CC1. The maximum Gasteiger partial charge on any atom is 0.253 e. The first-order valence-electron chi connectivity index (χ1n) is 8.73. The highest BCUT2D eigenvalue weighted by Crippen LogP contribution is 2.28. The Morgan fingerprint density at radius 1 is 1.04 bits per heavy atom. The summed E-state index contributed by atoms with van der Waals surface area (Å²) in [5, 5.41) is 0. The fourth-order valence-electron chi connectivity index (χ4n) is 3.51. The summed E-state index contributed by atoms with van der Waals surface area (Å²) in [5.74, 6) is 0.550. The van der Waals surface area contributed by atoms with Crippen molar-refractivity contribution >= 4 is 22.8 Å². The first kappa shape index (κ1) is 15.2. The van der Waals surface area contributed by atoms with Crippen LogP contribution >= 0.6 is 0 Å². The van der Waals surface area contributed by atoms with Crippen LogP contribution in [0.3, 0.4) is 0 Å². The van der Waals surface area contributed by atoms with Crippen LogP contribution in [-0.2, 0) is 4.79 Å². The Morgan fingerprint density at radius 3 is 2.62 bits per heavy atom. The van der Waals surface area contributed by atoms with Gasteiger partial charge in [0.05, 0.1) is 17.4 Å². The Hall–Kier alpha value is -2.37. The second-order valence-corrected chi connectivity index (χ2v) is 6.73. The maximum absolute atomic E-state index is 12.8. The summed E-state index contributed by atoms with van der Waals surface area (Å²) in [6, 6.07) is 5.55. The third-order valence-electron chi connectivity index (χ3n) is 5.22. The number of benzene rings is 1. The van der Waals surface area contributed by atoms with Crippen LogP contribution in [0.1, 0.15) is 36.0 Å². The Kier molecular flexibility index (Phi) is 3.96. The van der Waals surface area contributed by atoms with Gasteiger partial charge in [0, 0.05) is 37.7 Å². The van der Waals surface area contributed by atoms with Gasteiger partial charge in [-0.15, -0.1) is 0 Å². The number of rotatable bonds is 2. The second-order valence-electron chi connectivity index (χ2n) is 6.73. The molecule has 1 aromatic carbocycles. The molecule has 1 saturated carbocycles. The lowest BCUT2D eigenvalue weighted by Gasteiger charge is -2.31. The lowest BCUT2D eigenvalue weighted by atomic mass is 9.84. The smallest absolute Gasteiger partial charge is 0.253 e. The van der Waals surface area contributed by atoms with E-state index in [0.717, 1.165) is 36.8 Å². The molecule has 0 unspecified atom stereocenters. The number of carbonyl (C=O) groups is 2. The molecule has 6 nitrogen and oxygen atoms in total. The average molecular weight is 326 g/mol. The molecule has 0 bridgehead atoms. The van der Waals surface area contributed by atoms with Gasteiger partial charge in [-0.25, -0.2) is 4.98 Å². The van der Waals surface area contributed by atoms with Crippen molar-refractivity contribution < 1.29 is 9.59 Å². The van der Waals surface area contributed by atoms with E-state index in [-0.39, 0.29) is 17.7 Å². The number of fused-ring (bicyclic) bond motifs is 1. The van der Waals surface area contributed by atoms with Gasteiger partial charge >= 0.3 is 0 Å². The van der Waals surface area contributed by atoms with Crippen molar-refractivity contribution in [3.05, 3.63) is 30.1 Å². The Morgan fingerprint density at radius 2 is 1.83 bits per heavy atom. The minimum atomic E-state index is 0.0319. The molecule has 1 aliphatic carbocycles. The van der Waals surface area contributed by atoms with E-state index in [9.17, 15) is 9.59 Å². The summed E-state index contributed by atoms with van der Waals surface area (Å²) < 4.78 is 0. The van der Waals surface area contributed by atoms with E-state index >= 15 is 0 Å². The standard InChI is InChI=1S/C18H22N4O2/c23-17(13-3-1-4-13)21-7-2-8-22(10-9-21)18(24)14-5-6-15-16(11-14)20-12-19-15/h5-6,11-13H,1-4,7-10H2,(H,19,20). The Balaban J connectivity index is 1.44. The van der Waals surface area contributed by atoms with E-state index in [1.54, 1.807) is 6.33 Å². The predicted octanol–water partition coefficient (Wildman–Crippen LogP) is 2.04. The van der Waals surface area contributed by atoms with Crippen molar-refractivity contribution in [2.75, 3.05) is 26.2 Å². The van der Waals surface area contributed by atoms with Gasteiger partial charge in [0.25, 0.3) is 5.91 Å². The summed E-state index contributed by atoms with van der Waals surface area (Å²) in [4.78, 5) is 36.2. The highest BCUT2D eigenvalue weighted by molar-refractivity contribution is 5.97. The first-order chi connectivity index (χ1) is 11.7. The van der Waals surface area contributed by atoms with Crippen molar-refractivity contribution in [1.82, 2.24) is 19.8 Å². The molecule has 1 N–H and O–H groups in total. The molecule has 24 heavy (non-hydrogen) atoms. The largest absolute Gasteiger partial charge is 0.345 e. The molecule has 0 radical (unpaired) electrons. The number of hydrogen-bond donors (Lipinski definition) is 1. The van der Waals surface area contributed by atoms with E-state index in [0.29, 0.717) is 25.2 Å². The van der Waals surface area contributed by atoms with Crippen molar-refractivity contribution in [3.63, 3.8) is 0 Å². The molecule has 1 aliphatic heterocycles. The van der Waals surface area contributed by atoms with Gasteiger partial charge in [-0.05, 0) is 37.5 Å². The third kappa shape index (κ3) is 2.77. The highest BCUT2D eigenvalue weighted by atomic mass is 16.2. The number of carbonyl (C=O) groups excluding carboxylic acids is 2. The molecule has 2 heterocycles.